The first-order valence-electron chi connectivity index (χ1n) is 6.61. The maximum Gasteiger partial charge on any atom is 0.430 e. The van der Waals surface area contributed by atoms with Crippen molar-refractivity contribution in [1.29, 1.82) is 0 Å². The molecule has 1 fully saturated rings. The number of amides is 1. The number of carbonyl (C=O) groups is 1. The minimum absolute atomic E-state index is 0.205. The van der Waals surface area contributed by atoms with Crippen LogP contribution in [-0.4, -0.2) is 50.3 Å². The van der Waals surface area contributed by atoms with E-state index in [2.05, 4.69) is 5.32 Å². The van der Waals surface area contributed by atoms with Gasteiger partial charge in [0, 0.05) is 38.9 Å². The molecule has 1 unspecified atom stereocenters. The number of nitrogens with zero attached hydrogens (tertiary/aromatic N) is 1. The van der Waals surface area contributed by atoms with Gasteiger partial charge in [-0.25, -0.2) is 0 Å². The maximum atomic E-state index is 13.7. The summed E-state index contributed by atoms with van der Waals surface area (Å²) in [6.07, 6.45) is -4.84. The number of piperazine rings is 1. The number of ether oxygens (including phenoxy) is 1. The third-order valence-electron chi connectivity index (χ3n) is 3.59. The summed E-state index contributed by atoms with van der Waals surface area (Å²) < 4.78 is 45.8. The van der Waals surface area contributed by atoms with Crippen LogP contribution in [0.25, 0.3) is 0 Å². The molecule has 1 aliphatic rings. The maximum absolute atomic E-state index is 13.7. The van der Waals surface area contributed by atoms with Crippen LogP contribution >= 0.6 is 0 Å². The summed E-state index contributed by atoms with van der Waals surface area (Å²) in [6, 6.07) is 7.03. The molecular formula is C14H17F3N2O2. The molecule has 1 amide bonds. The summed E-state index contributed by atoms with van der Waals surface area (Å²) in [5.41, 5.74) is -3.16. The molecule has 2 rings (SSSR count). The zero-order chi connectivity index (χ0) is 15.5. The fourth-order valence-electron chi connectivity index (χ4n) is 2.49. The molecule has 0 bridgehead atoms. The third-order valence-corrected chi connectivity index (χ3v) is 3.59. The van der Waals surface area contributed by atoms with Crippen LogP contribution in [0.1, 0.15) is 5.56 Å². The largest absolute Gasteiger partial charge is 0.430 e. The number of carbonyl (C=O) groups excluding carboxylic acids is 1. The molecule has 21 heavy (non-hydrogen) atoms. The molecule has 0 spiro atoms. The highest BCUT2D eigenvalue weighted by Crippen LogP contribution is 2.43. The zero-order valence-electron chi connectivity index (χ0n) is 11.6. The first-order chi connectivity index (χ1) is 9.93. The Kier molecular flexibility index (Phi) is 4.53. The van der Waals surface area contributed by atoms with Gasteiger partial charge in [0.05, 0.1) is 0 Å². The molecule has 0 aromatic heterocycles. The minimum atomic E-state index is -4.84. The van der Waals surface area contributed by atoms with Crippen molar-refractivity contribution in [1.82, 2.24) is 10.2 Å². The molecule has 4 nitrogen and oxygen atoms in total. The zero-order valence-corrected chi connectivity index (χ0v) is 11.6. The standard InChI is InChI=1S/C14H17F3N2O2/c1-21-13(14(15,16)17,11-5-3-2-4-6-11)12(20)19-9-7-18-8-10-19/h2-6,18H,7-10H2,1H3. The Hall–Kier alpha value is -1.60. The van der Waals surface area contributed by atoms with Gasteiger partial charge < -0.3 is 15.0 Å². The lowest BCUT2D eigenvalue weighted by atomic mass is 9.90. The van der Waals surface area contributed by atoms with Crippen LogP contribution in [0.15, 0.2) is 30.3 Å². The van der Waals surface area contributed by atoms with Gasteiger partial charge in [0.25, 0.3) is 11.5 Å². The van der Waals surface area contributed by atoms with Gasteiger partial charge in [0.15, 0.2) is 0 Å². The molecule has 0 radical (unpaired) electrons. The predicted octanol–water partition coefficient (Wildman–Crippen LogP) is 1.52. The van der Waals surface area contributed by atoms with Gasteiger partial charge in [-0.05, 0) is 0 Å². The van der Waals surface area contributed by atoms with E-state index in [-0.39, 0.29) is 18.7 Å². The Bertz CT molecular complexity index is 487. The first kappa shape index (κ1) is 15.8. The average molecular weight is 302 g/mol. The third kappa shape index (κ3) is 2.75. The molecule has 1 aromatic carbocycles. The molecule has 116 valence electrons. The number of halogens is 3. The number of benzene rings is 1. The van der Waals surface area contributed by atoms with Crippen molar-refractivity contribution >= 4 is 5.91 Å². The fourth-order valence-corrected chi connectivity index (χ4v) is 2.49. The Morgan fingerprint density at radius 2 is 1.76 bits per heavy atom. The van der Waals surface area contributed by atoms with E-state index < -0.39 is 17.7 Å². The van der Waals surface area contributed by atoms with Crippen LogP contribution in [0.2, 0.25) is 0 Å². The van der Waals surface area contributed by atoms with Gasteiger partial charge in [0.1, 0.15) is 0 Å². The van der Waals surface area contributed by atoms with Crippen molar-refractivity contribution in [2.75, 3.05) is 33.3 Å². The van der Waals surface area contributed by atoms with E-state index in [1.54, 1.807) is 6.07 Å². The van der Waals surface area contributed by atoms with Gasteiger partial charge in [-0.15, -0.1) is 0 Å². The SMILES string of the molecule is COC(C(=O)N1CCNCC1)(c1ccccc1)C(F)(F)F. The number of hydrogen-bond donors (Lipinski definition) is 1. The summed E-state index contributed by atoms with van der Waals surface area (Å²) in [5.74, 6) is -1.06. The van der Waals surface area contributed by atoms with E-state index in [4.69, 9.17) is 4.74 Å². The van der Waals surface area contributed by atoms with Crippen LogP contribution in [0.3, 0.4) is 0 Å². The fraction of sp³-hybridized carbons (Fsp3) is 0.500. The van der Waals surface area contributed by atoms with Gasteiger partial charge in [-0.1, -0.05) is 30.3 Å². The molecule has 1 aliphatic heterocycles. The second kappa shape index (κ2) is 6.03. The molecule has 7 heteroatoms. The Balaban J connectivity index is 2.47. The molecule has 1 saturated heterocycles. The number of nitrogens with one attached hydrogen (secondary N) is 1. The molecule has 1 N–H and O–H groups in total. The molecule has 1 heterocycles. The number of methoxy groups -OCH3 is 1. The Labute approximate surface area is 120 Å². The highest BCUT2D eigenvalue weighted by molar-refractivity contribution is 5.88. The van der Waals surface area contributed by atoms with Gasteiger partial charge in [-0.2, -0.15) is 13.2 Å². The monoisotopic (exact) mass is 302 g/mol. The normalized spacial score (nSPS) is 19.1. The second-order valence-corrected chi connectivity index (χ2v) is 4.79. The van der Waals surface area contributed by atoms with E-state index in [1.807, 2.05) is 0 Å². The van der Waals surface area contributed by atoms with Crippen LogP contribution < -0.4 is 5.32 Å². The average Bonchev–Trinajstić information content (AvgIpc) is 2.49. The highest BCUT2D eigenvalue weighted by Gasteiger charge is 2.63. The quantitative estimate of drug-likeness (QED) is 0.920. The summed E-state index contributed by atoms with van der Waals surface area (Å²) in [5, 5.41) is 3.00. The summed E-state index contributed by atoms with van der Waals surface area (Å²) in [4.78, 5) is 13.7. The summed E-state index contributed by atoms with van der Waals surface area (Å²) in [7, 11) is 0.917. The van der Waals surface area contributed by atoms with Crippen molar-refractivity contribution in [3.63, 3.8) is 0 Å². The second-order valence-electron chi connectivity index (χ2n) is 4.79. The van der Waals surface area contributed by atoms with Crippen LogP contribution in [0.5, 0.6) is 0 Å². The summed E-state index contributed by atoms with van der Waals surface area (Å²) >= 11 is 0. The number of rotatable bonds is 3. The van der Waals surface area contributed by atoms with E-state index in [0.29, 0.717) is 13.1 Å². The van der Waals surface area contributed by atoms with Crippen LogP contribution in [-0.2, 0) is 15.1 Å². The van der Waals surface area contributed by atoms with E-state index >= 15 is 0 Å². The van der Waals surface area contributed by atoms with Crippen LogP contribution in [0.4, 0.5) is 13.2 Å². The highest BCUT2D eigenvalue weighted by atomic mass is 19.4. The van der Waals surface area contributed by atoms with Gasteiger partial charge in [-0.3, -0.25) is 4.79 Å². The number of alkyl halides is 3. The molecule has 1 aromatic rings. The van der Waals surface area contributed by atoms with Crippen LogP contribution in [0, 0.1) is 0 Å². The van der Waals surface area contributed by atoms with Crippen molar-refractivity contribution in [2.45, 2.75) is 11.8 Å². The molecule has 0 aliphatic carbocycles. The van der Waals surface area contributed by atoms with Crippen molar-refractivity contribution in [3.05, 3.63) is 35.9 Å². The van der Waals surface area contributed by atoms with E-state index in [1.165, 1.54) is 29.2 Å². The van der Waals surface area contributed by atoms with E-state index in [0.717, 1.165) is 7.11 Å². The predicted molar refractivity (Wildman–Crippen MR) is 70.6 cm³/mol. The molecular weight excluding hydrogens is 285 g/mol. The Morgan fingerprint density at radius 1 is 1.19 bits per heavy atom. The molecule has 1 atom stereocenters. The lowest BCUT2D eigenvalue weighted by Crippen LogP contribution is -2.60. The molecule has 0 saturated carbocycles. The van der Waals surface area contributed by atoms with Crippen molar-refractivity contribution < 1.29 is 22.7 Å². The van der Waals surface area contributed by atoms with Gasteiger partial charge >= 0.3 is 6.18 Å². The Morgan fingerprint density at radius 3 is 2.24 bits per heavy atom. The van der Waals surface area contributed by atoms with Gasteiger partial charge in [0.2, 0.25) is 0 Å². The smallest absolute Gasteiger partial charge is 0.356 e. The van der Waals surface area contributed by atoms with E-state index in [9.17, 15) is 18.0 Å². The summed E-state index contributed by atoms with van der Waals surface area (Å²) in [6.45, 7) is 1.40. The lowest BCUT2D eigenvalue weighted by Gasteiger charge is -2.39. The minimum Gasteiger partial charge on any atom is -0.356 e. The lowest BCUT2D eigenvalue weighted by molar-refractivity contribution is -0.270. The first-order valence-corrected chi connectivity index (χ1v) is 6.61. The van der Waals surface area contributed by atoms with Crippen molar-refractivity contribution in [3.8, 4) is 0 Å². The topological polar surface area (TPSA) is 41.6 Å². The number of hydrogen-bond acceptors (Lipinski definition) is 3. The van der Waals surface area contributed by atoms with Crippen molar-refractivity contribution in [2.24, 2.45) is 0 Å².